The highest BCUT2D eigenvalue weighted by Crippen LogP contribution is 2.30. The third-order valence-electron chi connectivity index (χ3n) is 2.83. The van der Waals surface area contributed by atoms with Gasteiger partial charge < -0.3 is 15.4 Å². The molecule has 0 bridgehead atoms. The molecular weight excluding hydrogens is 350 g/mol. The summed E-state index contributed by atoms with van der Waals surface area (Å²) in [7, 11) is 0. The summed E-state index contributed by atoms with van der Waals surface area (Å²) >= 11 is 11.0. The van der Waals surface area contributed by atoms with Crippen molar-refractivity contribution in [1.29, 1.82) is 0 Å². The number of ether oxygens (including phenoxy) is 1. The van der Waals surface area contributed by atoms with E-state index in [1.54, 1.807) is 30.3 Å². The molecule has 0 atom stereocenters. The molecule has 6 nitrogen and oxygen atoms in total. The maximum Gasteiger partial charge on any atom is 0.275 e. The molecule has 0 aliphatic heterocycles. The van der Waals surface area contributed by atoms with Gasteiger partial charge in [0.05, 0.1) is 16.7 Å². The number of rotatable bonds is 5. The average Bonchev–Trinajstić information content (AvgIpc) is 2.48. The van der Waals surface area contributed by atoms with Crippen molar-refractivity contribution in [3.63, 3.8) is 0 Å². The van der Waals surface area contributed by atoms with E-state index in [1.807, 2.05) is 13.8 Å². The molecule has 0 aliphatic carbocycles. The lowest BCUT2D eigenvalue weighted by Gasteiger charge is -2.14. The summed E-state index contributed by atoms with van der Waals surface area (Å²) in [6.45, 7) is 3.88. The second-order valence-corrected chi connectivity index (χ2v) is 6.13. The Morgan fingerprint density at radius 3 is 2.46 bits per heavy atom. The Labute approximate surface area is 149 Å². The molecule has 0 saturated heterocycles. The number of nitro benzene ring substituents is 1. The van der Waals surface area contributed by atoms with Gasteiger partial charge in [0.2, 0.25) is 0 Å². The molecule has 0 unspecified atom stereocenters. The number of nitro groups is 1. The molecule has 0 amide bonds. The largest absolute Gasteiger partial charge is 0.457 e. The zero-order valence-electron chi connectivity index (χ0n) is 13.1. The van der Waals surface area contributed by atoms with Crippen molar-refractivity contribution < 1.29 is 9.66 Å². The van der Waals surface area contributed by atoms with Gasteiger partial charge in [0.1, 0.15) is 11.5 Å². The summed E-state index contributed by atoms with van der Waals surface area (Å²) in [5, 5.41) is 18.0. The van der Waals surface area contributed by atoms with Crippen molar-refractivity contribution >= 4 is 40.3 Å². The minimum atomic E-state index is -0.487. The van der Waals surface area contributed by atoms with Crippen LogP contribution in [0.1, 0.15) is 13.8 Å². The molecule has 0 heterocycles. The van der Waals surface area contributed by atoms with Gasteiger partial charge in [-0.15, -0.1) is 0 Å². The van der Waals surface area contributed by atoms with Crippen molar-refractivity contribution in [2.24, 2.45) is 0 Å². The summed E-state index contributed by atoms with van der Waals surface area (Å²) in [6, 6.07) is 11.2. The molecular formula is C16H16ClN3O3S. The number of nitrogens with zero attached hydrogens (tertiary/aromatic N) is 1. The van der Waals surface area contributed by atoms with Crippen LogP contribution >= 0.6 is 23.8 Å². The van der Waals surface area contributed by atoms with Gasteiger partial charge >= 0.3 is 0 Å². The van der Waals surface area contributed by atoms with Crippen LogP contribution in [0.15, 0.2) is 42.5 Å². The Morgan fingerprint density at radius 1 is 1.21 bits per heavy atom. The van der Waals surface area contributed by atoms with Gasteiger partial charge in [-0.3, -0.25) is 10.1 Å². The van der Waals surface area contributed by atoms with E-state index in [1.165, 1.54) is 12.1 Å². The first-order valence-corrected chi connectivity index (χ1v) is 7.92. The molecule has 0 aliphatic rings. The number of anilines is 1. The van der Waals surface area contributed by atoms with Crippen molar-refractivity contribution in [3.8, 4) is 11.5 Å². The second-order valence-electron chi connectivity index (χ2n) is 5.28. The number of nitrogens with one attached hydrogen (secondary N) is 2. The van der Waals surface area contributed by atoms with Gasteiger partial charge in [0.15, 0.2) is 5.11 Å². The zero-order chi connectivity index (χ0) is 17.7. The summed E-state index contributed by atoms with van der Waals surface area (Å²) in [4.78, 5) is 10.6. The van der Waals surface area contributed by atoms with Crippen LogP contribution in [-0.4, -0.2) is 16.1 Å². The van der Waals surface area contributed by atoms with E-state index >= 15 is 0 Å². The standard InChI is InChI=1S/C16H16ClN3O3S/c1-10(2)18-16(24)19-12-7-13(20(21)22)9-15(8-12)23-14-5-3-11(17)4-6-14/h3-10H,1-2H3,(H2,18,19,24). The molecule has 2 aromatic carbocycles. The number of thiocarbonyl (C=S) groups is 1. The van der Waals surface area contributed by atoms with Crippen molar-refractivity contribution in [2.45, 2.75) is 19.9 Å². The number of benzene rings is 2. The van der Waals surface area contributed by atoms with Crippen LogP contribution in [0.4, 0.5) is 11.4 Å². The molecule has 8 heteroatoms. The van der Waals surface area contributed by atoms with E-state index in [9.17, 15) is 10.1 Å². The van der Waals surface area contributed by atoms with E-state index in [-0.39, 0.29) is 11.7 Å². The minimum absolute atomic E-state index is 0.101. The van der Waals surface area contributed by atoms with Gasteiger partial charge in [-0.1, -0.05) is 11.6 Å². The Balaban J connectivity index is 2.25. The Hall–Kier alpha value is -2.38. The van der Waals surface area contributed by atoms with E-state index in [2.05, 4.69) is 10.6 Å². The van der Waals surface area contributed by atoms with Crippen LogP contribution in [0.25, 0.3) is 0 Å². The fourth-order valence-electron chi connectivity index (χ4n) is 1.89. The first kappa shape index (κ1) is 18.0. The maximum absolute atomic E-state index is 11.1. The van der Waals surface area contributed by atoms with Gasteiger partial charge in [0.25, 0.3) is 5.69 Å². The highest BCUT2D eigenvalue weighted by atomic mass is 35.5. The number of hydrogen-bond donors (Lipinski definition) is 2. The first-order valence-electron chi connectivity index (χ1n) is 7.14. The Bertz CT molecular complexity index is 751. The van der Waals surface area contributed by atoms with Crippen LogP contribution in [0, 0.1) is 10.1 Å². The quantitative estimate of drug-likeness (QED) is 0.453. The van der Waals surface area contributed by atoms with Crippen molar-refractivity contribution in [2.75, 3.05) is 5.32 Å². The van der Waals surface area contributed by atoms with Gasteiger partial charge in [0, 0.05) is 23.2 Å². The van der Waals surface area contributed by atoms with E-state index in [0.717, 1.165) is 0 Å². The predicted molar refractivity (Wildman–Crippen MR) is 99.1 cm³/mol. The number of halogens is 1. The summed E-state index contributed by atoms with van der Waals surface area (Å²) in [5.74, 6) is 0.843. The highest BCUT2D eigenvalue weighted by molar-refractivity contribution is 7.80. The lowest BCUT2D eigenvalue weighted by Crippen LogP contribution is -2.33. The van der Waals surface area contributed by atoms with E-state index < -0.39 is 4.92 Å². The van der Waals surface area contributed by atoms with Crippen LogP contribution in [-0.2, 0) is 0 Å². The van der Waals surface area contributed by atoms with Crippen LogP contribution in [0.5, 0.6) is 11.5 Å². The highest BCUT2D eigenvalue weighted by Gasteiger charge is 2.12. The predicted octanol–water partition coefficient (Wildman–Crippen LogP) is 4.74. The zero-order valence-corrected chi connectivity index (χ0v) is 14.6. The smallest absolute Gasteiger partial charge is 0.275 e. The molecule has 0 spiro atoms. The number of hydrogen-bond acceptors (Lipinski definition) is 4. The SMILES string of the molecule is CC(C)NC(=S)Nc1cc(Oc2ccc(Cl)cc2)cc([N+](=O)[O-])c1. The molecule has 0 aromatic heterocycles. The molecule has 0 fully saturated rings. The molecule has 0 radical (unpaired) electrons. The molecule has 2 aromatic rings. The van der Waals surface area contributed by atoms with E-state index in [0.29, 0.717) is 27.3 Å². The first-order chi connectivity index (χ1) is 11.3. The summed E-state index contributed by atoms with van der Waals surface area (Å²) < 4.78 is 5.66. The third-order valence-corrected chi connectivity index (χ3v) is 3.30. The Morgan fingerprint density at radius 2 is 1.88 bits per heavy atom. The van der Waals surface area contributed by atoms with Crippen molar-refractivity contribution in [1.82, 2.24) is 5.32 Å². The normalized spacial score (nSPS) is 10.3. The van der Waals surface area contributed by atoms with Crippen molar-refractivity contribution in [3.05, 3.63) is 57.6 Å². The topological polar surface area (TPSA) is 76.4 Å². The summed E-state index contributed by atoms with van der Waals surface area (Å²) in [6.07, 6.45) is 0. The Kier molecular flexibility index (Phi) is 5.94. The monoisotopic (exact) mass is 365 g/mol. The lowest BCUT2D eigenvalue weighted by molar-refractivity contribution is -0.384. The van der Waals surface area contributed by atoms with Gasteiger partial charge in [-0.25, -0.2) is 0 Å². The average molecular weight is 366 g/mol. The second kappa shape index (κ2) is 7.94. The minimum Gasteiger partial charge on any atom is -0.457 e. The number of non-ortho nitro benzene ring substituents is 1. The maximum atomic E-state index is 11.1. The van der Waals surface area contributed by atoms with Crippen LogP contribution in [0.3, 0.4) is 0 Å². The third kappa shape index (κ3) is 5.36. The fourth-order valence-corrected chi connectivity index (χ4v) is 2.37. The molecule has 2 rings (SSSR count). The van der Waals surface area contributed by atoms with Crippen LogP contribution < -0.4 is 15.4 Å². The molecule has 24 heavy (non-hydrogen) atoms. The van der Waals surface area contributed by atoms with Gasteiger partial charge in [-0.2, -0.15) is 0 Å². The summed E-state index contributed by atoms with van der Waals surface area (Å²) in [5.41, 5.74) is 0.364. The fraction of sp³-hybridized carbons (Fsp3) is 0.188. The molecule has 0 saturated carbocycles. The van der Waals surface area contributed by atoms with Gasteiger partial charge in [-0.05, 0) is 50.3 Å². The molecule has 2 N–H and O–H groups in total. The lowest BCUT2D eigenvalue weighted by atomic mass is 10.2. The van der Waals surface area contributed by atoms with E-state index in [4.69, 9.17) is 28.6 Å². The molecule has 126 valence electrons. The van der Waals surface area contributed by atoms with Crippen LogP contribution in [0.2, 0.25) is 5.02 Å².